The van der Waals surface area contributed by atoms with E-state index in [9.17, 15) is 13.2 Å². The highest BCUT2D eigenvalue weighted by atomic mass is 19.4. The van der Waals surface area contributed by atoms with Gasteiger partial charge in [0.15, 0.2) is 0 Å². The van der Waals surface area contributed by atoms with Crippen LogP contribution in [0.2, 0.25) is 0 Å². The lowest BCUT2D eigenvalue weighted by atomic mass is 10.1. The molecule has 1 N–H and O–H groups in total. The summed E-state index contributed by atoms with van der Waals surface area (Å²) in [5, 5.41) is 2.90. The lowest BCUT2D eigenvalue weighted by Gasteiger charge is -2.18. The number of para-hydroxylation sites is 1. The number of alkyl halides is 3. The van der Waals surface area contributed by atoms with Gasteiger partial charge in [-0.15, -0.1) is 0 Å². The van der Waals surface area contributed by atoms with Crippen LogP contribution in [0, 0.1) is 0 Å². The van der Waals surface area contributed by atoms with Crippen LogP contribution in [0.15, 0.2) is 24.3 Å². The summed E-state index contributed by atoms with van der Waals surface area (Å²) >= 11 is 0. The van der Waals surface area contributed by atoms with E-state index in [4.69, 9.17) is 0 Å². The van der Waals surface area contributed by atoms with E-state index in [-0.39, 0.29) is 11.7 Å². The molecule has 0 aliphatic heterocycles. The zero-order valence-electron chi connectivity index (χ0n) is 9.43. The third-order valence-electron chi connectivity index (χ3n) is 2.36. The molecule has 0 saturated heterocycles. The Balaban J connectivity index is 2.87. The average molecular weight is 231 g/mol. The number of hydrogen-bond acceptors (Lipinski definition) is 1. The van der Waals surface area contributed by atoms with Gasteiger partial charge < -0.3 is 5.32 Å². The smallest absolute Gasteiger partial charge is 0.382 e. The zero-order chi connectivity index (χ0) is 12.2. The van der Waals surface area contributed by atoms with E-state index in [0.717, 1.165) is 18.9 Å². The van der Waals surface area contributed by atoms with Gasteiger partial charge in [0.25, 0.3) is 0 Å². The second kappa shape index (κ2) is 5.23. The Morgan fingerprint density at radius 2 is 1.88 bits per heavy atom. The van der Waals surface area contributed by atoms with Crippen molar-refractivity contribution in [2.24, 2.45) is 0 Å². The molecule has 0 spiro atoms. The van der Waals surface area contributed by atoms with Crippen molar-refractivity contribution in [3.63, 3.8) is 0 Å². The summed E-state index contributed by atoms with van der Waals surface area (Å²) in [7, 11) is 0. The van der Waals surface area contributed by atoms with Crippen molar-refractivity contribution in [1.82, 2.24) is 0 Å². The molecule has 0 amide bonds. The number of rotatable bonds is 4. The molecular weight excluding hydrogens is 215 g/mol. The first-order valence-corrected chi connectivity index (χ1v) is 5.38. The second-order valence-corrected chi connectivity index (χ2v) is 3.88. The van der Waals surface area contributed by atoms with Crippen molar-refractivity contribution in [3.05, 3.63) is 29.8 Å². The molecule has 0 saturated carbocycles. The van der Waals surface area contributed by atoms with E-state index in [1.165, 1.54) is 12.1 Å². The lowest BCUT2D eigenvalue weighted by molar-refractivity contribution is -0.137. The van der Waals surface area contributed by atoms with Gasteiger partial charge in [0.1, 0.15) is 0 Å². The van der Waals surface area contributed by atoms with Gasteiger partial charge in [-0.1, -0.05) is 25.5 Å². The predicted molar refractivity (Wildman–Crippen MR) is 59.4 cm³/mol. The van der Waals surface area contributed by atoms with E-state index in [0.29, 0.717) is 0 Å². The average Bonchev–Trinajstić information content (AvgIpc) is 2.17. The minimum Gasteiger partial charge on any atom is -0.382 e. The number of halogens is 3. The van der Waals surface area contributed by atoms with Crippen LogP contribution in [0.3, 0.4) is 0 Å². The van der Waals surface area contributed by atoms with Gasteiger partial charge in [-0.3, -0.25) is 0 Å². The van der Waals surface area contributed by atoms with Gasteiger partial charge >= 0.3 is 6.18 Å². The Morgan fingerprint density at radius 3 is 2.44 bits per heavy atom. The molecule has 4 heteroatoms. The monoisotopic (exact) mass is 231 g/mol. The minimum absolute atomic E-state index is 0.0495. The molecule has 1 aromatic carbocycles. The number of anilines is 1. The fourth-order valence-corrected chi connectivity index (χ4v) is 1.63. The van der Waals surface area contributed by atoms with Crippen molar-refractivity contribution in [2.45, 2.75) is 38.9 Å². The van der Waals surface area contributed by atoms with Gasteiger partial charge in [0.05, 0.1) is 5.56 Å². The van der Waals surface area contributed by atoms with Crippen molar-refractivity contribution < 1.29 is 13.2 Å². The van der Waals surface area contributed by atoms with Crippen molar-refractivity contribution in [2.75, 3.05) is 5.32 Å². The SMILES string of the molecule is CCCC(C)Nc1ccccc1C(F)(F)F. The van der Waals surface area contributed by atoms with E-state index in [1.807, 2.05) is 13.8 Å². The first-order valence-electron chi connectivity index (χ1n) is 5.38. The second-order valence-electron chi connectivity index (χ2n) is 3.88. The van der Waals surface area contributed by atoms with E-state index in [2.05, 4.69) is 5.32 Å². The lowest BCUT2D eigenvalue weighted by Crippen LogP contribution is -2.18. The highest BCUT2D eigenvalue weighted by Crippen LogP contribution is 2.34. The summed E-state index contributed by atoms with van der Waals surface area (Å²) in [5.41, 5.74) is -0.436. The van der Waals surface area contributed by atoms with Crippen LogP contribution in [0.25, 0.3) is 0 Å². The number of benzene rings is 1. The molecule has 1 rings (SSSR count). The third-order valence-corrected chi connectivity index (χ3v) is 2.36. The molecule has 1 unspecified atom stereocenters. The summed E-state index contributed by atoms with van der Waals surface area (Å²) in [6, 6.07) is 5.62. The Kier molecular flexibility index (Phi) is 4.21. The van der Waals surface area contributed by atoms with Crippen molar-refractivity contribution in [3.8, 4) is 0 Å². The maximum atomic E-state index is 12.6. The summed E-state index contributed by atoms with van der Waals surface area (Å²) in [4.78, 5) is 0. The molecule has 0 heterocycles. The quantitative estimate of drug-likeness (QED) is 0.814. The maximum absolute atomic E-state index is 12.6. The van der Waals surface area contributed by atoms with Crippen molar-refractivity contribution >= 4 is 5.69 Å². The van der Waals surface area contributed by atoms with Crippen LogP contribution in [0.4, 0.5) is 18.9 Å². The standard InChI is InChI=1S/C12H16F3N/c1-3-6-9(2)16-11-8-5-4-7-10(11)12(13,14)15/h4-5,7-9,16H,3,6H2,1-2H3. The summed E-state index contributed by atoms with van der Waals surface area (Å²) in [6.07, 6.45) is -2.50. The normalized spacial score (nSPS) is 13.6. The van der Waals surface area contributed by atoms with Gasteiger partial charge in [-0.25, -0.2) is 0 Å². The van der Waals surface area contributed by atoms with Gasteiger partial charge in [0.2, 0.25) is 0 Å². The van der Waals surface area contributed by atoms with Gasteiger partial charge in [-0.05, 0) is 25.5 Å². The molecule has 0 fully saturated rings. The van der Waals surface area contributed by atoms with Crippen molar-refractivity contribution in [1.29, 1.82) is 0 Å². The summed E-state index contributed by atoms with van der Waals surface area (Å²) in [6.45, 7) is 3.89. The van der Waals surface area contributed by atoms with E-state index in [1.54, 1.807) is 6.07 Å². The topological polar surface area (TPSA) is 12.0 Å². The Hall–Kier alpha value is -1.19. The fourth-order valence-electron chi connectivity index (χ4n) is 1.63. The Bertz CT molecular complexity index is 333. The van der Waals surface area contributed by atoms with Crippen LogP contribution in [-0.2, 0) is 6.18 Å². The van der Waals surface area contributed by atoms with Crippen LogP contribution >= 0.6 is 0 Å². The number of nitrogens with one attached hydrogen (secondary N) is 1. The summed E-state index contributed by atoms with van der Waals surface area (Å²) in [5.74, 6) is 0. The molecule has 16 heavy (non-hydrogen) atoms. The first kappa shape index (κ1) is 12.9. The first-order chi connectivity index (χ1) is 7.45. The fraction of sp³-hybridized carbons (Fsp3) is 0.500. The van der Waals surface area contributed by atoms with Crippen LogP contribution in [0.1, 0.15) is 32.3 Å². The molecule has 0 radical (unpaired) electrons. The largest absolute Gasteiger partial charge is 0.418 e. The highest BCUT2D eigenvalue weighted by molar-refractivity contribution is 5.53. The van der Waals surface area contributed by atoms with Gasteiger partial charge in [0, 0.05) is 11.7 Å². The third kappa shape index (κ3) is 3.43. The molecular formula is C12H16F3N. The molecule has 1 nitrogen and oxygen atoms in total. The van der Waals surface area contributed by atoms with E-state index < -0.39 is 11.7 Å². The van der Waals surface area contributed by atoms with E-state index >= 15 is 0 Å². The van der Waals surface area contributed by atoms with Crippen LogP contribution in [-0.4, -0.2) is 6.04 Å². The minimum atomic E-state index is -4.30. The highest BCUT2D eigenvalue weighted by Gasteiger charge is 2.33. The molecule has 0 bridgehead atoms. The molecule has 0 aliphatic carbocycles. The molecule has 1 atom stereocenters. The zero-order valence-corrected chi connectivity index (χ0v) is 9.43. The Morgan fingerprint density at radius 1 is 1.25 bits per heavy atom. The Labute approximate surface area is 93.7 Å². The van der Waals surface area contributed by atoms with Crippen LogP contribution < -0.4 is 5.32 Å². The molecule has 0 aliphatic rings. The molecule has 90 valence electrons. The maximum Gasteiger partial charge on any atom is 0.418 e. The van der Waals surface area contributed by atoms with Crippen LogP contribution in [0.5, 0.6) is 0 Å². The predicted octanol–water partition coefficient (Wildman–Crippen LogP) is 4.31. The molecule has 1 aromatic rings. The summed E-state index contributed by atoms with van der Waals surface area (Å²) < 4.78 is 37.9. The van der Waals surface area contributed by atoms with Gasteiger partial charge in [-0.2, -0.15) is 13.2 Å². The molecule has 0 aromatic heterocycles. The number of hydrogen-bond donors (Lipinski definition) is 1.